The van der Waals surface area contributed by atoms with Crippen molar-refractivity contribution in [1.29, 1.82) is 10.5 Å². The Balaban J connectivity index is -0.000000802. The Morgan fingerprint density at radius 1 is 0.789 bits per heavy atom. The van der Waals surface area contributed by atoms with Crippen LogP contribution in [0.25, 0.3) is 10.4 Å². The number of ketones is 2. The van der Waals surface area contributed by atoms with E-state index in [1.165, 1.54) is 27.2 Å². The van der Waals surface area contributed by atoms with Crippen molar-refractivity contribution >= 4 is 66.9 Å². The Morgan fingerprint density at radius 2 is 1.21 bits per heavy atom. The fourth-order valence-corrected chi connectivity index (χ4v) is 4.42. The van der Waals surface area contributed by atoms with Crippen molar-refractivity contribution in [3.63, 3.8) is 0 Å². The number of halogens is 1. The van der Waals surface area contributed by atoms with Gasteiger partial charge >= 0.3 is 13.0 Å². The van der Waals surface area contributed by atoms with E-state index in [0.717, 1.165) is 15.9 Å². The minimum Gasteiger partial charge on any atom is -0.501 e. The van der Waals surface area contributed by atoms with Gasteiger partial charge in [0, 0.05) is 55.1 Å². The largest absolute Gasteiger partial charge is 0.501 e. The molecule has 384 valence electrons. The van der Waals surface area contributed by atoms with Crippen molar-refractivity contribution in [2.45, 2.75) is 165 Å². The van der Waals surface area contributed by atoms with Gasteiger partial charge in [-0.25, -0.2) is 9.97 Å². The standard InChI is InChI=1S/C13H17BN2O2.C12H12N2O2.C7H5BrN2.C7H12O2.2C6H14O2.B2/c1-9-6-7-10(11(8-15)16-9)14-17-12(2,3)13(4,5)18-14;1-5-9(8(2)15)10-6-7-11(16-4)14-12(10)13-3;1-5-2-3-6(8)7(4-9)10-5;1-4-9-5-6(2)7(3)8;2*1-5(2,7)6(3,4)8;1-2/h6-7H,1-5H3;5-7H,1-2,4H3;2-3H,1H3;5H,4H2,1-3H3;2*7-8H,1-4H3;/b;9-5+;;6-5+;;;. The maximum absolute atomic E-state index is 11.4. The SMILES string of the molecule is CC(C)(O)C(C)(C)O.CC(C)(O)C(C)(C)O.CCO/C=C(\C)C(C)=O.Cc1ccc(B2OC(C)(C)C(C)(C)O2)c(C#N)n1.Cc1ccc(Br)c(C#N)n1.[B][B].[C-]#[N+]c1nc(OC)ccc1/C(=C/C)C(C)=O. The van der Waals surface area contributed by atoms with Crippen LogP contribution in [0.2, 0.25) is 0 Å². The number of hydrogen-bond donors (Lipinski definition) is 4. The summed E-state index contributed by atoms with van der Waals surface area (Å²) in [6, 6.07) is 14.8. The number of carbonyl (C=O) groups is 2. The zero-order valence-electron chi connectivity index (χ0n) is 45.4. The zero-order valence-corrected chi connectivity index (χ0v) is 46.9. The number of aliphatic hydroxyl groups is 4. The first-order valence-electron chi connectivity index (χ1n) is 22.2. The number of hydrogen-bond acceptors (Lipinski definition) is 15. The molecule has 1 aliphatic rings. The maximum atomic E-state index is 11.4. The molecule has 0 aliphatic carbocycles. The summed E-state index contributed by atoms with van der Waals surface area (Å²) in [4.78, 5) is 37.4. The van der Waals surface area contributed by atoms with E-state index in [-0.39, 0.29) is 17.4 Å². The molecule has 0 spiro atoms. The number of aromatic nitrogens is 3. The number of carbonyl (C=O) groups excluding carboxylic acids is 2. The third kappa shape index (κ3) is 25.1. The average Bonchev–Trinajstić information content (AvgIpc) is 3.49. The van der Waals surface area contributed by atoms with Gasteiger partial charge in [0.25, 0.3) is 5.82 Å². The van der Waals surface area contributed by atoms with Crippen LogP contribution in [-0.4, -0.2) is 117 Å². The molecule has 3 aromatic heterocycles. The zero-order chi connectivity index (χ0) is 56.5. The molecule has 1 saturated heterocycles. The number of nitriles is 2. The molecule has 1 fully saturated rings. The quantitative estimate of drug-likeness (QED) is 0.0686. The van der Waals surface area contributed by atoms with Gasteiger partial charge in [-0.1, -0.05) is 29.8 Å². The molecule has 0 unspecified atom stereocenters. The number of allylic oxidation sites excluding steroid dienone is 3. The van der Waals surface area contributed by atoms with Crippen molar-refractivity contribution < 1.29 is 48.8 Å². The number of pyridine rings is 3. The summed E-state index contributed by atoms with van der Waals surface area (Å²) in [5, 5.41) is 54.1. The first kappa shape index (κ1) is 70.0. The second-order valence-electron chi connectivity index (χ2n) is 18.6. The summed E-state index contributed by atoms with van der Waals surface area (Å²) in [6.45, 7) is 40.3. The second kappa shape index (κ2) is 31.3. The third-order valence-corrected chi connectivity index (χ3v) is 11.5. The number of ether oxygens (including phenoxy) is 2. The average molecular weight is 1040 g/mol. The number of Topliss-reactive ketones (excluding diaryl/α,β-unsaturated/α-hetero) is 2. The van der Waals surface area contributed by atoms with Gasteiger partial charge in [-0.3, -0.25) is 9.59 Å². The highest BCUT2D eigenvalue weighted by Crippen LogP contribution is 2.36. The van der Waals surface area contributed by atoms with Gasteiger partial charge in [-0.15, -0.1) is 0 Å². The van der Waals surface area contributed by atoms with Crippen LogP contribution in [0.5, 0.6) is 5.88 Å². The molecule has 16 nitrogen and oxygen atoms in total. The number of nitrogens with zero attached hydrogens (tertiary/aromatic N) is 6. The molecule has 4 radical (unpaired) electrons. The predicted octanol–water partition coefficient (Wildman–Crippen LogP) is 8.03. The third-order valence-electron chi connectivity index (χ3n) is 10.9. The highest BCUT2D eigenvalue weighted by Gasteiger charge is 2.52. The van der Waals surface area contributed by atoms with Gasteiger partial charge in [-0.05, 0) is 166 Å². The minimum atomic E-state index is -1.01. The molecule has 20 heteroatoms. The van der Waals surface area contributed by atoms with Crippen LogP contribution < -0.4 is 10.2 Å². The summed E-state index contributed by atoms with van der Waals surface area (Å²) < 4.78 is 22.4. The van der Waals surface area contributed by atoms with Gasteiger partial charge in [0.15, 0.2) is 17.3 Å². The highest BCUT2D eigenvalue weighted by molar-refractivity contribution is 9.10. The van der Waals surface area contributed by atoms with Crippen molar-refractivity contribution in [2.24, 2.45) is 0 Å². The lowest BCUT2D eigenvalue weighted by Gasteiger charge is -2.32. The molecular weight excluding hydrogens is 969 g/mol. The summed E-state index contributed by atoms with van der Waals surface area (Å²) in [5.74, 6) is 0.527. The van der Waals surface area contributed by atoms with Gasteiger partial charge < -0.3 is 44.1 Å². The van der Waals surface area contributed by atoms with E-state index >= 15 is 0 Å². The summed E-state index contributed by atoms with van der Waals surface area (Å²) in [7, 11) is 8.95. The lowest BCUT2D eigenvalue weighted by atomic mass is 9.78. The van der Waals surface area contributed by atoms with E-state index < -0.39 is 40.7 Å². The second-order valence-corrected chi connectivity index (χ2v) is 19.5. The number of methoxy groups -OCH3 is 1. The molecule has 4 N–H and O–H groups in total. The molecule has 1 aliphatic heterocycles. The Hall–Kier alpha value is -5.23. The molecule has 4 rings (SSSR count). The summed E-state index contributed by atoms with van der Waals surface area (Å²) >= 11 is 3.21. The topological polar surface area (TPSA) is 243 Å². The lowest BCUT2D eigenvalue weighted by Crippen LogP contribution is -2.44. The first-order valence-corrected chi connectivity index (χ1v) is 23.0. The van der Waals surface area contributed by atoms with Crippen LogP contribution in [0, 0.1) is 43.1 Å². The van der Waals surface area contributed by atoms with E-state index in [9.17, 15) is 9.59 Å². The van der Waals surface area contributed by atoms with Crippen molar-refractivity contribution in [2.75, 3.05) is 13.7 Å². The van der Waals surface area contributed by atoms with Crippen LogP contribution >= 0.6 is 15.9 Å². The van der Waals surface area contributed by atoms with Crippen molar-refractivity contribution in [3.8, 4) is 18.0 Å². The van der Waals surface area contributed by atoms with Gasteiger partial charge in [0.2, 0.25) is 0 Å². The van der Waals surface area contributed by atoms with Gasteiger partial charge in [0.1, 0.15) is 17.8 Å². The minimum absolute atomic E-state index is 0.0588. The molecule has 0 atom stereocenters. The molecular formula is C51H74B3BrN6O10. The fraction of sp³-hybridized carbons (Fsp3) is 0.529. The van der Waals surface area contributed by atoms with E-state index in [2.05, 4.69) is 57.3 Å². The Kier molecular flexibility index (Phi) is 30.9. The van der Waals surface area contributed by atoms with Crippen molar-refractivity contribution in [3.05, 3.63) is 98.5 Å². The molecule has 3 aromatic rings. The Morgan fingerprint density at radius 3 is 1.54 bits per heavy atom. The van der Waals surface area contributed by atoms with E-state index in [1.54, 1.807) is 87.4 Å². The molecule has 0 bridgehead atoms. The molecule has 0 saturated carbocycles. The number of rotatable bonds is 9. The predicted molar refractivity (Wildman–Crippen MR) is 285 cm³/mol. The normalized spacial score (nSPS) is 13.6. The molecule has 0 amide bonds. The Bertz CT molecular complexity index is 2300. The van der Waals surface area contributed by atoms with Crippen LogP contribution in [0.15, 0.2) is 58.8 Å². The van der Waals surface area contributed by atoms with Crippen LogP contribution in [0.1, 0.15) is 146 Å². The monoisotopic (exact) mass is 1040 g/mol. The lowest BCUT2D eigenvalue weighted by molar-refractivity contribution is -0.114. The van der Waals surface area contributed by atoms with Crippen molar-refractivity contribution in [1.82, 2.24) is 15.0 Å². The molecule has 4 heterocycles. The van der Waals surface area contributed by atoms with Gasteiger partial charge in [0.05, 0.1) is 58.1 Å². The molecule has 71 heavy (non-hydrogen) atoms. The summed E-state index contributed by atoms with van der Waals surface area (Å²) in [5.41, 5.74) is 0.0514. The van der Waals surface area contributed by atoms with Crippen LogP contribution in [0.4, 0.5) is 5.82 Å². The highest BCUT2D eigenvalue weighted by atomic mass is 79.9. The van der Waals surface area contributed by atoms with E-state index in [1.807, 2.05) is 78.8 Å². The maximum Gasteiger partial charge on any atom is 0.497 e. The fourth-order valence-electron chi connectivity index (χ4n) is 4.12. The van der Waals surface area contributed by atoms with Crippen LogP contribution in [-0.2, 0) is 23.6 Å². The van der Waals surface area contributed by atoms with E-state index in [4.69, 9.17) is 56.3 Å². The first-order chi connectivity index (χ1) is 32.3. The van der Waals surface area contributed by atoms with Gasteiger partial charge in [-0.2, -0.15) is 10.5 Å². The van der Waals surface area contributed by atoms with Crippen LogP contribution in [0.3, 0.4) is 0 Å². The van der Waals surface area contributed by atoms with E-state index in [0.29, 0.717) is 46.0 Å². The Labute approximate surface area is 434 Å². The summed E-state index contributed by atoms with van der Waals surface area (Å²) in [6.07, 6.45) is 3.17. The smallest absolute Gasteiger partial charge is 0.497 e. The number of aryl methyl sites for hydroxylation is 2. The molecule has 0 aromatic carbocycles.